The van der Waals surface area contributed by atoms with Crippen LogP contribution in [0.3, 0.4) is 0 Å². The van der Waals surface area contributed by atoms with Crippen LogP contribution in [0.1, 0.15) is 34.3 Å². The van der Waals surface area contributed by atoms with E-state index in [1.54, 1.807) is 34.9 Å². The molecular formula is C24H23N5O4S. The number of benzene rings is 2. The van der Waals surface area contributed by atoms with Gasteiger partial charge in [0, 0.05) is 31.6 Å². The lowest BCUT2D eigenvalue weighted by Gasteiger charge is -2.34. The molecule has 1 saturated carbocycles. The Balaban J connectivity index is 1.44. The molecule has 2 aromatic carbocycles. The highest BCUT2D eigenvalue weighted by Gasteiger charge is 2.54. The molecule has 2 aliphatic rings. The van der Waals surface area contributed by atoms with Gasteiger partial charge in [-0.3, -0.25) is 9.59 Å². The molecule has 1 aliphatic carbocycles. The number of carbonyl (C=O) groups is 1. The average Bonchev–Trinajstić information content (AvgIpc) is 3.62. The smallest absolute Gasteiger partial charge is 0.264 e. The molecule has 0 spiro atoms. The minimum Gasteiger partial charge on any atom is -0.366 e. The number of rotatable bonds is 6. The maximum Gasteiger partial charge on any atom is 0.264 e. The van der Waals surface area contributed by atoms with Crippen molar-refractivity contribution in [2.45, 2.75) is 30.7 Å². The molecule has 0 unspecified atom stereocenters. The molecule has 0 saturated heterocycles. The summed E-state index contributed by atoms with van der Waals surface area (Å²) in [5.41, 5.74) is 2.47. The second-order valence-electron chi connectivity index (χ2n) is 8.87. The fourth-order valence-electron chi connectivity index (χ4n) is 4.55. The quantitative estimate of drug-likeness (QED) is 0.551. The average molecular weight is 478 g/mol. The molecule has 1 fully saturated rings. The van der Waals surface area contributed by atoms with E-state index in [9.17, 15) is 18.0 Å². The summed E-state index contributed by atoms with van der Waals surface area (Å²) in [5, 5.41) is 17.9. The number of hydrogen-bond donors (Lipinski definition) is 2. The molecule has 0 atom stereocenters. The van der Waals surface area contributed by atoms with Crippen molar-refractivity contribution in [1.29, 1.82) is 5.26 Å². The fraction of sp³-hybridized carbons (Fsp3) is 0.292. The molecule has 5 rings (SSSR count). The Kier molecular flexibility index (Phi) is 5.19. The van der Waals surface area contributed by atoms with Gasteiger partial charge < -0.3 is 14.8 Å². The van der Waals surface area contributed by atoms with Crippen molar-refractivity contribution in [1.82, 2.24) is 9.88 Å². The SMILES string of the molecule is N#Cc1ccc(CNC(=O)c2cc3cccc4c3n(c2=O)CCN4CC2(S(N)(=O)=O)CC2)cc1. The van der Waals surface area contributed by atoms with Crippen molar-refractivity contribution in [2.24, 2.45) is 5.14 Å². The van der Waals surface area contributed by atoms with E-state index in [1.807, 2.05) is 29.2 Å². The normalized spacial score (nSPS) is 16.2. The predicted octanol–water partition coefficient (Wildman–Crippen LogP) is 1.44. The largest absolute Gasteiger partial charge is 0.366 e. The highest BCUT2D eigenvalue weighted by atomic mass is 32.2. The van der Waals surface area contributed by atoms with Gasteiger partial charge in [-0.05, 0) is 42.7 Å². The molecule has 9 nitrogen and oxygen atoms in total. The molecule has 1 aromatic heterocycles. The van der Waals surface area contributed by atoms with Crippen molar-refractivity contribution in [3.8, 4) is 6.07 Å². The second-order valence-corrected chi connectivity index (χ2v) is 10.8. The van der Waals surface area contributed by atoms with E-state index in [-0.39, 0.29) is 24.2 Å². The van der Waals surface area contributed by atoms with Gasteiger partial charge in [-0.1, -0.05) is 24.3 Å². The summed E-state index contributed by atoms with van der Waals surface area (Å²) < 4.78 is 24.8. The maximum atomic E-state index is 13.2. The first-order chi connectivity index (χ1) is 16.2. The van der Waals surface area contributed by atoms with Crippen LogP contribution < -0.4 is 20.9 Å². The molecule has 0 radical (unpaired) electrons. The van der Waals surface area contributed by atoms with Gasteiger partial charge in [0.15, 0.2) is 0 Å². The summed E-state index contributed by atoms with van der Waals surface area (Å²) in [4.78, 5) is 28.1. The topological polar surface area (TPSA) is 138 Å². The summed E-state index contributed by atoms with van der Waals surface area (Å²) in [6, 6.07) is 16.0. The number of nitriles is 1. The number of aromatic nitrogens is 1. The van der Waals surface area contributed by atoms with Gasteiger partial charge in [0.2, 0.25) is 10.0 Å². The van der Waals surface area contributed by atoms with Crippen LogP contribution >= 0.6 is 0 Å². The third kappa shape index (κ3) is 3.73. The molecule has 3 aromatic rings. The number of sulfonamides is 1. The molecule has 34 heavy (non-hydrogen) atoms. The third-order valence-corrected chi connectivity index (χ3v) is 8.44. The van der Waals surface area contributed by atoms with Gasteiger partial charge in [-0.25, -0.2) is 13.6 Å². The van der Waals surface area contributed by atoms with Gasteiger partial charge in [-0.2, -0.15) is 5.26 Å². The zero-order chi connectivity index (χ0) is 24.1. The Morgan fingerprint density at radius 2 is 1.88 bits per heavy atom. The van der Waals surface area contributed by atoms with E-state index < -0.39 is 20.7 Å². The first-order valence-corrected chi connectivity index (χ1v) is 12.5. The van der Waals surface area contributed by atoms with Gasteiger partial charge in [-0.15, -0.1) is 0 Å². The first-order valence-electron chi connectivity index (χ1n) is 10.9. The Labute approximate surface area is 196 Å². The molecule has 0 bridgehead atoms. The number of pyridine rings is 1. The minimum absolute atomic E-state index is 0.0509. The lowest BCUT2D eigenvalue weighted by atomic mass is 10.1. The Bertz CT molecular complexity index is 1520. The van der Waals surface area contributed by atoms with Crippen LogP contribution in [0.4, 0.5) is 5.69 Å². The van der Waals surface area contributed by atoms with Crippen LogP contribution in [-0.4, -0.2) is 36.7 Å². The Hall–Kier alpha value is -3.68. The van der Waals surface area contributed by atoms with E-state index in [1.165, 1.54) is 0 Å². The standard InChI is InChI=1S/C24H23N5O4S/c25-13-16-4-6-17(7-5-16)14-27-22(30)19-12-18-2-1-3-20-21(18)29(23(19)31)11-10-28(20)15-24(8-9-24)34(26,32)33/h1-7,12H,8-11,14-15H2,(H,27,30)(H2,26,32,33). The third-order valence-electron chi connectivity index (χ3n) is 6.70. The van der Waals surface area contributed by atoms with E-state index in [0.717, 1.165) is 16.6 Å². The lowest BCUT2D eigenvalue weighted by molar-refractivity contribution is 0.0949. The molecule has 174 valence electrons. The number of primary sulfonamides is 1. The number of hydrogen-bond acceptors (Lipinski definition) is 6. The number of para-hydroxylation sites is 1. The predicted molar refractivity (Wildman–Crippen MR) is 128 cm³/mol. The summed E-state index contributed by atoms with van der Waals surface area (Å²) >= 11 is 0. The van der Waals surface area contributed by atoms with Crippen LogP contribution in [0, 0.1) is 11.3 Å². The number of carbonyl (C=O) groups excluding carboxylic acids is 1. The first kappa shape index (κ1) is 22.1. The van der Waals surface area contributed by atoms with Crippen LogP contribution in [0.5, 0.6) is 0 Å². The molecular weight excluding hydrogens is 454 g/mol. The maximum absolute atomic E-state index is 13.2. The zero-order valence-electron chi connectivity index (χ0n) is 18.3. The number of nitrogens with zero attached hydrogens (tertiary/aromatic N) is 3. The van der Waals surface area contributed by atoms with Crippen LogP contribution in [0.25, 0.3) is 10.9 Å². The van der Waals surface area contributed by atoms with E-state index in [0.29, 0.717) is 37.0 Å². The van der Waals surface area contributed by atoms with E-state index in [2.05, 4.69) is 5.32 Å². The minimum atomic E-state index is -3.68. The van der Waals surface area contributed by atoms with Crippen LogP contribution in [-0.2, 0) is 23.1 Å². The fourth-order valence-corrected chi connectivity index (χ4v) is 5.56. The molecule has 1 amide bonds. The molecule has 2 heterocycles. The highest BCUT2D eigenvalue weighted by molar-refractivity contribution is 7.90. The van der Waals surface area contributed by atoms with Gasteiger partial charge in [0.25, 0.3) is 11.5 Å². The van der Waals surface area contributed by atoms with Crippen LogP contribution in [0.2, 0.25) is 0 Å². The van der Waals surface area contributed by atoms with Gasteiger partial charge >= 0.3 is 0 Å². The van der Waals surface area contributed by atoms with E-state index in [4.69, 9.17) is 10.4 Å². The number of amides is 1. The van der Waals surface area contributed by atoms with Crippen molar-refractivity contribution >= 4 is 32.5 Å². The summed E-state index contributed by atoms with van der Waals surface area (Å²) in [5.74, 6) is -0.473. The monoisotopic (exact) mass is 477 g/mol. The van der Waals surface area contributed by atoms with Crippen LogP contribution in [0.15, 0.2) is 53.3 Å². The number of nitrogens with one attached hydrogen (secondary N) is 1. The van der Waals surface area contributed by atoms with Gasteiger partial charge in [0.1, 0.15) is 10.3 Å². The summed E-state index contributed by atoms with van der Waals surface area (Å²) in [7, 11) is -3.68. The van der Waals surface area contributed by atoms with Crippen molar-refractivity contribution < 1.29 is 13.2 Å². The highest BCUT2D eigenvalue weighted by Crippen LogP contribution is 2.44. The Morgan fingerprint density at radius 1 is 1.15 bits per heavy atom. The summed E-state index contributed by atoms with van der Waals surface area (Å²) in [6.45, 7) is 1.29. The van der Waals surface area contributed by atoms with Crippen molar-refractivity contribution in [3.63, 3.8) is 0 Å². The molecule has 1 aliphatic heterocycles. The number of anilines is 1. The molecule has 3 N–H and O–H groups in total. The summed E-state index contributed by atoms with van der Waals surface area (Å²) in [6.07, 6.45) is 1.06. The van der Waals surface area contributed by atoms with Crippen molar-refractivity contribution in [3.05, 3.63) is 75.6 Å². The zero-order valence-corrected chi connectivity index (χ0v) is 19.1. The van der Waals surface area contributed by atoms with Gasteiger partial charge in [0.05, 0.1) is 22.8 Å². The second kappa shape index (κ2) is 7.97. The lowest BCUT2D eigenvalue weighted by Crippen LogP contribution is -2.46. The van der Waals surface area contributed by atoms with E-state index >= 15 is 0 Å². The van der Waals surface area contributed by atoms with Crippen molar-refractivity contribution in [2.75, 3.05) is 18.0 Å². The number of nitrogens with two attached hydrogens (primary N) is 1. The molecule has 10 heteroatoms. The Morgan fingerprint density at radius 3 is 2.53 bits per heavy atom.